The van der Waals surface area contributed by atoms with E-state index in [-0.39, 0.29) is 17.3 Å². The van der Waals surface area contributed by atoms with Gasteiger partial charge in [-0.05, 0) is 28.8 Å². The highest BCUT2D eigenvalue weighted by molar-refractivity contribution is 5.96. The Balaban J connectivity index is 2.37. The van der Waals surface area contributed by atoms with Crippen LogP contribution in [0.15, 0.2) is 54.2 Å². The van der Waals surface area contributed by atoms with Crippen LogP contribution in [-0.4, -0.2) is 36.0 Å². The van der Waals surface area contributed by atoms with Crippen LogP contribution >= 0.6 is 0 Å². The van der Waals surface area contributed by atoms with E-state index in [0.29, 0.717) is 11.1 Å². The van der Waals surface area contributed by atoms with Gasteiger partial charge in [-0.1, -0.05) is 36.4 Å². The number of hydrazine groups is 1. The first-order chi connectivity index (χ1) is 11.8. The van der Waals surface area contributed by atoms with Crippen molar-refractivity contribution >= 4 is 17.6 Å². The van der Waals surface area contributed by atoms with Gasteiger partial charge in [0.1, 0.15) is 0 Å². The third-order valence-corrected chi connectivity index (χ3v) is 3.67. The lowest BCUT2D eigenvalue weighted by Gasteiger charge is -2.12. The predicted molar refractivity (Wildman–Crippen MR) is 96.0 cm³/mol. The Morgan fingerprint density at radius 3 is 2.16 bits per heavy atom. The van der Waals surface area contributed by atoms with Crippen LogP contribution in [0.1, 0.15) is 15.9 Å². The van der Waals surface area contributed by atoms with Gasteiger partial charge < -0.3 is 21.2 Å². The summed E-state index contributed by atoms with van der Waals surface area (Å²) in [6.45, 7) is 0. The second-order valence-electron chi connectivity index (χ2n) is 5.60. The molecule has 7 nitrogen and oxygen atoms in total. The standard InChI is InChI=1S/C18H20N4O3/c1-22(2)17(23)14-5-3-4-13(10-14)11-6-8-12(9-7-11)15(19)16(21-20)18(24)25/h3-10,21H,19-20H2,1-2H3,(H,24,25)/b16-15-. The zero-order chi connectivity index (χ0) is 18.6. The Morgan fingerprint density at radius 1 is 1.00 bits per heavy atom. The summed E-state index contributed by atoms with van der Waals surface area (Å²) >= 11 is 0. The smallest absolute Gasteiger partial charge is 0.355 e. The molecule has 0 fully saturated rings. The van der Waals surface area contributed by atoms with E-state index in [4.69, 9.17) is 16.7 Å². The molecule has 6 N–H and O–H groups in total. The minimum Gasteiger partial charge on any atom is -0.476 e. The Labute approximate surface area is 145 Å². The largest absolute Gasteiger partial charge is 0.476 e. The van der Waals surface area contributed by atoms with Crippen LogP contribution in [0.25, 0.3) is 16.8 Å². The molecule has 0 radical (unpaired) electrons. The monoisotopic (exact) mass is 340 g/mol. The molecule has 7 heteroatoms. The average Bonchev–Trinajstić information content (AvgIpc) is 2.61. The highest BCUT2D eigenvalue weighted by Gasteiger charge is 2.13. The van der Waals surface area contributed by atoms with Crippen molar-refractivity contribution in [2.45, 2.75) is 0 Å². The second kappa shape index (κ2) is 7.50. The normalized spacial score (nSPS) is 11.5. The van der Waals surface area contributed by atoms with Crippen LogP contribution in [0, 0.1) is 0 Å². The van der Waals surface area contributed by atoms with Crippen molar-refractivity contribution in [3.8, 4) is 11.1 Å². The lowest BCUT2D eigenvalue weighted by Crippen LogP contribution is -2.29. The lowest BCUT2D eigenvalue weighted by atomic mass is 10.0. The third-order valence-electron chi connectivity index (χ3n) is 3.67. The maximum Gasteiger partial charge on any atom is 0.355 e. The van der Waals surface area contributed by atoms with Gasteiger partial charge in [-0.15, -0.1) is 0 Å². The van der Waals surface area contributed by atoms with E-state index in [1.54, 1.807) is 50.5 Å². The highest BCUT2D eigenvalue weighted by Crippen LogP contribution is 2.23. The second-order valence-corrected chi connectivity index (χ2v) is 5.60. The van der Waals surface area contributed by atoms with Gasteiger partial charge >= 0.3 is 5.97 Å². The summed E-state index contributed by atoms with van der Waals surface area (Å²) in [4.78, 5) is 24.7. The molecule has 1 amide bonds. The summed E-state index contributed by atoms with van der Waals surface area (Å²) < 4.78 is 0. The van der Waals surface area contributed by atoms with E-state index >= 15 is 0 Å². The fourth-order valence-electron chi connectivity index (χ4n) is 2.33. The fraction of sp³-hybridized carbons (Fsp3) is 0.111. The number of aliphatic carboxylic acids is 1. The summed E-state index contributed by atoms with van der Waals surface area (Å²) in [5.41, 5.74) is 10.6. The Bertz CT molecular complexity index is 826. The van der Waals surface area contributed by atoms with Gasteiger partial charge in [0.05, 0.1) is 5.70 Å². The van der Waals surface area contributed by atoms with Gasteiger partial charge in [0.15, 0.2) is 5.70 Å². The van der Waals surface area contributed by atoms with Gasteiger partial charge in [0.25, 0.3) is 5.91 Å². The van der Waals surface area contributed by atoms with E-state index in [2.05, 4.69) is 5.43 Å². The number of carbonyl (C=O) groups is 2. The first-order valence-corrected chi connectivity index (χ1v) is 7.47. The predicted octanol–water partition coefficient (Wildman–Crippen LogP) is 1.23. The molecule has 0 saturated carbocycles. The van der Waals surface area contributed by atoms with Gasteiger partial charge in [0, 0.05) is 19.7 Å². The number of hydrogen-bond acceptors (Lipinski definition) is 5. The molecule has 2 aromatic rings. The molecule has 130 valence electrons. The lowest BCUT2D eigenvalue weighted by molar-refractivity contribution is -0.133. The fourth-order valence-corrected chi connectivity index (χ4v) is 2.33. The molecule has 0 atom stereocenters. The summed E-state index contributed by atoms with van der Waals surface area (Å²) in [5.74, 6) is 3.88. The van der Waals surface area contributed by atoms with Crippen LogP contribution in [0.3, 0.4) is 0 Å². The molecule has 25 heavy (non-hydrogen) atoms. The molecule has 2 aromatic carbocycles. The van der Waals surface area contributed by atoms with E-state index in [0.717, 1.165) is 11.1 Å². The average molecular weight is 340 g/mol. The van der Waals surface area contributed by atoms with Crippen LogP contribution in [0.2, 0.25) is 0 Å². The molecule has 0 bridgehead atoms. The molecule has 0 aliphatic rings. The first-order valence-electron chi connectivity index (χ1n) is 7.47. The van der Waals surface area contributed by atoms with Crippen molar-refractivity contribution in [2.24, 2.45) is 11.6 Å². The minimum absolute atomic E-state index is 0.0399. The zero-order valence-electron chi connectivity index (χ0n) is 14.0. The number of carbonyl (C=O) groups excluding carboxylic acids is 1. The minimum atomic E-state index is -1.24. The Hall–Kier alpha value is -3.32. The molecule has 0 unspecified atom stereocenters. The van der Waals surface area contributed by atoms with Gasteiger partial charge in [-0.3, -0.25) is 10.6 Å². The topological polar surface area (TPSA) is 122 Å². The number of nitrogens with two attached hydrogens (primary N) is 2. The van der Waals surface area contributed by atoms with Crippen LogP contribution in [-0.2, 0) is 4.79 Å². The van der Waals surface area contributed by atoms with Crippen molar-refractivity contribution in [3.05, 3.63) is 65.4 Å². The summed E-state index contributed by atoms with van der Waals surface area (Å²) in [5, 5.41) is 9.05. The van der Waals surface area contributed by atoms with Crippen LogP contribution in [0.4, 0.5) is 0 Å². The summed E-state index contributed by atoms with van der Waals surface area (Å²) in [7, 11) is 3.40. The van der Waals surface area contributed by atoms with Gasteiger partial charge in [0.2, 0.25) is 0 Å². The molecular weight excluding hydrogens is 320 g/mol. The number of carboxylic acid groups (broad SMARTS) is 1. The third kappa shape index (κ3) is 3.96. The number of nitrogens with zero attached hydrogens (tertiary/aromatic N) is 1. The Morgan fingerprint density at radius 2 is 1.64 bits per heavy atom. The molecule has 0 spiro atoms. The highest BCUT2D eigenvalue weighted by atomic mass is 16.4. The molecule has 0 saturated heterocycles. The number of benzene rings is 2. The zero-order valence-corrected chi connectivity index (χ0v) is 14.0. The quantitative estimate of drug-likeness (QED) is 0.369. The van der Waals surface area contributed by atoms with Crippen LogP contribution in [0.5, 0.6) is 0 Å². The van der Waals surface area contributed by atoms with Crippen molar-refractivity contribution in [2.75, 3.05) is 14.1 Å². The maximum absolute atomic E-state index is 12.1. The van der Waals surface area contributed by atoms with Crippen molar-refractivity contribution in [1.29, 1.82) is 0 Å². The van der Waals surface area contributed by atoms with Gasteiger partial charge in [-0.25, -0.2) is 4.79 Å². The molecule has 0 aromatic heterocycles. The van der Waals surface area contributed by atoms with E-state index < -0.39 is 5.97 Å². The number of carboxylic acids is 1. The number of amides is 1. The summed E-state index contributed by atoms with van der Waals surface area (Å²) in [6.07, 6.45) is 0. The molecule has 0 heterocycles. The van der Waals surface area contributed by atoms with E-state index in [9.17, 15) is 9.59 Å². The van der Waals surface area contributed by atoms with Crippen molar-refractivity contribution in [1.82, 2.24) is 10.3 Å². The maximum atomic E-state index is 12.1. The number of hydrogen-bond donors (Lipinski definition) is 4. The van der Waals surface area contributed by atoms with Crippen LogP contribution < -0.4 is 17.0 Å². The number of rotatable bonds is 5. The first kappa shape index (κ1) is 18.0. The molecule has 0 aliphatic heterocycles. The molecular formula is C18H20N4O3. The molecule has 2 rings (SSSR count). The van der Waals surface area contributed by atoms with Crippen molar-refractivity contribution < 1.29 is 14.7 Å². The van der Waals surface area contributed by atoms with E-state index in [1.807, 2.05) is 12.1 Å². The SMILES string of the molecule is CN(C)C(=O)c1cccc(-c2ccc(/C(N)=C(/NN)C(=O)O)cc2)c1. The Kier molecular flexibility index (Phi) is 5.41. The van der Waals surface area contributed by atoms with E-state index in [1.165, 1.54) is 4.90 Å². The molecule has 0 aliphatic carbocycles. The van der Waals surface area contributed by atoms with Gasteiger partial charge in [-0.2, -0.15) is 0 Å². The summed E-state index contributed by atoms with van der Waals surface area (Å²) in [6, 6.07) is 14.3. The number of nitrogens with one attached hydrogen (secondary N) is 1. The van der Waals surface area contributed by atoms with Crippen molar-refractivity contribution in [3.63, 3.8) is 0 Å².